The zero-order chi connectivity index (χ0) is 22.5. The van der Waals surface area contributed by atoms with Crippen LogP contribution >= 0.6 is 23.4 Å². The normalized spacial score (nSPS) is 13.3. The number of thioether (sulfide) groups is 1. The predicted molar refractivity (Wildman–Crippen MR) is 127 cm³/mol. The van der Waals surface area contributed by atoms with Gasteiger partial charge in [-0.05, 0) is 57.8 Å². The van der Waals surface area contributed by atoms with E-state index in [0.29, 0.717) is 16.7 Å². The maximum absolute atomic E-state index is 13.0. The van der Waals surface area contributed by atoms with Crippen molar-refractivity contribution < 1.29 is 4.79 Å². The SMILES string of the molecule is CC(Sc1nnc(C(C)N(C)C)n1-c1ccc(Cl)cc1)C(=O)N(C)Cc1ccccc1. The summed E-state index contributed by atoms with van der Waals surface area (Å²) in [6.07, 6.45) is 0. The second kappa shape index (κ2) is 10.3. The van der Waals surface area contributed by atoms with Crippen LogP contribution in [-0.2, 0) is 11.3 Å². The van der Waals surface area contributed by atoms with Gasteiger partial charge in [-0.25, -0.2) is 0 Å². The van der Waals surface area contributed by atoms with E-state index in [1.807, 2.05) is 87.2 Å². The van der Waals surface area contributed by atoms with Gasteiger partial charge in [-0.3, -0.25) is 14.3 Å². The van der Waals surface area contributed by atoms with Crippen molar-refractivity contribution in [1.29, 1.82) is 0 Å². The highest BCUT2D eigenvalue weighted by atomic mass is 35.5. The number of halogens is 1. The molecule has 0 radical (unpaired) electrons. The van der Waals surface area contributed by atoms with E-state index in [2.05, 4.69) is 22.0 Å². The Morgan fingerprint density at radius 3 is 2.29 bits per heavy atom. The number of hydrogen-bond donors (Lipinski definition) is 0. The molecular formula is C23H28ClN5OS. The topological polar surface area (TPSA) is 54.3 Å². The molecule has 1 aromatic heterocycles. The summed E-state index contributed by atoms with van der Waals surface area (Å²) >= 11 is 7.50. The first-order valence-electron chi connectivity index (χ1n) is 10.1. The number of carbonyl (C=O) groups excluding carboxylic acids is 1. The molecule has 8 heteroatoms. The molecule has 164 valence electrons. The molecule has 0 saturated carbocycles. The van der Waals surface area contributed by atoms with E-state index in [0.717, 1.165) is 17.1 Å². The minimum Gasteiger partial charge on any atom is -0.340 e. The van der Waals surface area contributed by atoms with Gasteiger partial charge in [0.25, 0.3) is 0 Å². The molecule has 2 aromatic carbocycles. The minimum absolute atomic E-state index is 0.0433. The van der Waals surface area contributed by atoms with Crippen LogP contribution in [0, 0.1) is 0 Å². The largest absolute Gasteiger partial charge is 0.340 e. The van der Waals surface area contributed by atoms with Gasteiger partial charge in [0.2, 0.25) is 5.91 Å². The number of benzene rings is 2. The van der Waals surface area contributed by atoms with Crippen LogP contribution in [0.4, 0.5) is 0 Å². The summed E-state index contributed by atoms with van der Waals surface area (Å²) in [7, 11) is 5.84. The number of nitrogens with zero attached hydrogens (tertiary/aromatic N) is 5. The zero-order valence-corrected chi connectivity index (χ0v) is 20.1. The second-order valence-corrected chi connectivity index (χ2v) is 9.48. The molecule has 6 nitrogen and oxygen atoms in total. The monoisotopic (exact) mass is 457 g/mol. The standard InChI is InChI=1S/C23H28ClN5OS/c1-16(27(3)4)21-25-26-23(29(21)20-13-11-19(24)12-14-20)31-17(2)22(30)28(5)15-18-9-7-6-8-10-18/h6-14,16-17H,15H2,1-5H3. The lowest BCUT2D eigenvalue weighted by atomic mass is 10.2. The minimum atomic E-state index is -0.313. The maximum Gasteiger partial charge on any atom is 0.235 e. The summed E-state index contributed by atoms with van der Waals surface area (Å²) in [5.41, 5.74) is 2.01. The Morgan fingerprint density at radius 1 is 1.03 bits per heavy atom. The van der Waals surface area contributed by atoms with E-state index in [-0.39, 0.29) is 17.2 Å². The van der Waals surface area contributed by atoms with Crippen molar-refractivity contribution in [2.24, 2.45) is 0 Å². The van der Waals surface area contributed by atoms with Crippen molar-refractivity contribution >= 4 is 29.3 Å². The fourth-order valence-electron chi connectivity index (χ4n) is 3.15. The molecule has 1 amide bonds. The third-order valence-electron chi connectivity index (χ3n) is 5.16. The Morgan fingerprint density at radius 2 is 1.68 bits per heavy atom. The molecule has 3 aromatic rings. The second-order valence-electron chi connectivity index (χ2n) is 7.73. The Hall–Kier alpha value is -2.35. The van der Waals surface area contributed by atoms with Crippen LogP contribution < -0.4 is 0 Å². The molecule has 0 aliphatic rings. The maximum atomic E-state index is 13.0. The quantitative estimate of drug-likeness (QED) is 0.459. The Balaban J connectivity index is 1.84. The number of rotatable bonds is 8. The van der Waals surface area contributed by atoms with Crippen molar-refractivity contribution in [3.63, 3.8) is 0 Å². The fourth-order valence-corrected chi connectivity index (χ4v) is 4.26. The highest BCUT2D eigenvalue weighted by molar-refractivity contribution is 8.00. The summed E-state index contributed by atoms with van der Waals surface area (Å²) in [6, 6.07) is 17.6. The Bertz CT molecular complexity index is 1010. The molecule has 1 heterocycles. The first-order chi connectivity index (χ1) is 14.8. The molecule has 0 aliphatic heterocycles. The summed E-state index contributed by atoms with van der Waals surface area (Å²) in [4.78, 5) is 16.8. The van der Waals surface area contributed by atoms with Gasteiger partial charge in [0, 0.05) is 24.3 Å². The van der Waals surface area contributed by atoms with Crippen molar-refractivity contribution in [2.45, 2.75) is 36.8 Å². The summed E-state index contributed by atoms with van der Waals surface area (Å²) in [6.45, 7) is 4.55. The van der Waals surface area contributed by atoms with Crippen molar-refractivity contribution in [2.75, 3.05) is 21.1 Å². The van der Waals surface area contributed by atoms with Gasteiger partial charge < -0.3 is 4.90 Å². The van der Waals surface area contributed by atoms with E-state index < -0.39 is 0 Å². The van der Waals surface area contributed by atoms with Gasteiger partial charge >= 0.3 is 0 Å². The molecule has 0 bridgehead atoms. The number of amides is 1. The van der Waals surface area contributed by atoms with Crippen LogP contribution in [0.3, 0.4) is 0 Å². The summed E-state index contributed by atoms with van der Waals surface area (Å²) < 4.78 is 2.01. The van der Waals surface area contributed by atoms with Gasteiger partial charge in [0.05, 0.1) is 11.3 Å². The Labute approximate surface area is 193 Å². The zero-order valence-electron chi connectivity index (χ0n) is 18.5. The van der Waals surface area contributed by atoms with E-state index in [4.69, 9.17) is 11.6 Å². The molecule has 0 fully saturated rings. The summed E-state index contributed by atoms with van der Waals surface area (Å²) in [5.74, 6) is 0.855. The van der Waals surface area contributed by atoms with Gasteiger partial charge in [-0.1, -0.05) is 53.7 Å². The van der Waals surface area contributed by atoms with Crippen LogP contribution in [0.25, 0.3) is 5.69 Å². The lowest BCUT2D eigenvalue weighted by Crippen LogP contribution is -2.33. The van der Waals surface area contributed by atoms with Crippen LogP contribution in [-0.4, -0.2) is 56.9 Å². The summed E-state index contributed by atoms with van der Waals surface area (Å²) in [5, 5.41) is 9.92. The Kier molecular flexibility index (Phi) is 7.75. The smallest absolute Gasteiger partial charge is 0.235 e. The van der Waals surface area contributed by atoms with Crippen LogP contribution in [0.5, 0.6) is 0 Å². The molecule has 0 N–H and O–H groups in total. The number of hydrogen-bond acceptors (Lipinski definition) is 5. The van der Waals surface area contributed by atoms with Gasteiger partial charge in [0.15, 0.2) is 11.0 Å². The van der Waals surface area contributed by atoms with Crippen LogP contribution in [0.15, 0.2) is 59.8 Å². The lowest BCUT2D eigenvalue weighted by molar-refractivity contribution is -0.129. The average molecular weight is 458 g/mol. The van der Waals surface area contributed by atoms with E-state index >= 15 is 0 Å². The predicted octanol–water partition coefficient (Wildman–Crippen LogP) is 4.68. The van der Waals surface area contributed by atoms with Crippen LogP contribution in [0.2, 0.25) is 5.02 Å². The number of carbonyl (C=O) groups is 1. The molecular weight excluding hydrogens is 430 g/mol. The highest BCUT2D eigenvalue weighted by Crippen LogP contribution is 2.30. The fraction of sp³-hybridized carbons (Fsp3) is 0.348. The van der Waals surface area contributed by atoms with E-state index in [9.17, 15) is 4.79 Å². The molecule has 0 spiro atoms. The average Bonchev–Trinajstić information content (AvgIpc) is 3.17. The van der Waals surface area contributed by atoms with E-state index in [1.54, 1.807) is 4.90 Å². The molecule has 2 unspecified atom stereocenters. The van der Waals surface area contributed by atoms with Gasteiger partial charge in [0.1, 0.15) is 0 Å². The molecule has 0 aliphatic carbocycles. The van der Waals surface area contributed by atoms with Gasteiger partial charge in [-0.15, -0.1) is 10.2 Å². The van der Waals surface area contributed by atoms with Crippen LogP contribution in [0.1, 0.15) is 31.3 Å². The van der Waals surface area contributed by atoms with E-state index in [1.165, 1.54) is 11.8 Å². The first kappa shape index (κ1) is 23.3. The number of aromatic nitrogens is 3. The molecule has 0 saturated heterocycles. The van der Waals surface area contributed by atoms with Crippen molar-refractivity contribution in [3.8, 4) is 5.69 Å². The highest BCUT2D eigenvalue weighted by Gasteiger charge is 2.25. The van der Waals surface area contributed by atoms with Gasteiger partial charge in [-0.2, -0.15) is 0 Å². The third kappa shape index (κ3) is 5.67. The van der Waals surface area contributed by atoms with Crippen molar-refractivity contribution in [1.82, 2.24) is 24.6 Å². The van der Waals surface area contributed by atoms with Crippen molar-refractivity contribution in [3.05, 3.63) is 71.0 Å². The molecule has 31 heavy (non-hydrogen) atoms. The molecule has 2 atom stereocenters. The first-order valence-corrected chi connectivity index (χ1v) is 11.4. The lowest BCUT2D eigenvalue weighted by Gasteiger charge is -2.22. The molecule has 3 rings (SSSR count). The third-order valence-corrected chi connectivity index (χ3v) is 6.44.